The zero-order valence-corrected chi connectivity index (χ0v) is 16.0. The summed E-state index contributed by atoms with van der Waals surface area (Å²) >= 11 is 5.95. The Labute approximate surface area is 161 Å². The van der Waals surface area contributed by atoms with E-state index in [1.165, 1.54) is 17.0 Å². The van der Waals surface area contributed by atoms with Crippen molar-refractivity contribution in [1.82, 2.24) is 4.90 Å². The van der Waals surface area contributed by atoms with Gasteiger partial charge in [0.15, 0.2) is 11.4 Å². The molecule has 1 fully saturated rings. The molecule has 3 atom stereocenters. The number of hydrogen-bond acceptors (Lipinski definition) is 5. The van der Waals surface area contributed by atoms with Crippen molar-refractivity contribution in [3.8, 4) is 0 Å². The van der Waals surface area contributed by atoms with E-state index in [0.29, 0.717) is 31.5 Å². The monoisotopic (exact) mass is 399 g/mol. The fraction of sp³-hybridized carbons (Fsp3) is 0.556. The summed E-state index contributed by atoms with van der Waals surface area (Å²) in [6.07, 6.45) is 0.429. The average Bonchev–Trinajstić information content (AvgIpc) is 2.63. The van der Waals surface area contributed by atoms with E-state index in [2.05, 4.69) is 5.32 Å². The molecule has 1 saturated heterocycles. The van der Waals surface area contributed by atoms with Crippen molar-refractivity contribution in [2.75, 3.05) is 25.5 Å². The molecule has 9 heteroatoms. The second-order valence-electron chi connectivity index (χ2n) is 7.04. The summed E-state index contributed by atoms with van der Waals surface area (Å²) in [5.74, 6) is -0.933. The van der Waals surface area contributed by atoms with Crippen molar-refractivity contribution in [3.05, 3.63) is 28.5 Å². The Morgan fingerprint density at radius 2 is 2.30 bits per heavy atom. The van der Waals surface area contributed by atoms with Gasteiger partial charge in [-0.05, 0) is 38.3 Å². The molecule has 1 spiro atoms. The molecule has 3 N–H and O–H groups in total. The maximum atomic E-state index is 14.8. The highest BCUT2D eigenvalue weighted by Gasteiger charge is 2.48. The van der Waals surface area contributed by atoms with Gasteiger partial charge in [0.1, 0.15) is 0 Å². The zero-order chi connectivity index (χ0) is 19.8. The number of halogens is 2. The third-order valence-electron chi connectivity index (χ3n) is 5.15. The number of fused-ring (bicyclic) bond motifs is 2. The van der Waals surface area contributed by atoms with Crippen molar-refractivity contribution in [1.29, 1.82) is 0 Å². The van der Waals surface area contributed by atoms with E-state index in [9.17, 15) is 14.0 Å². The highest BCUT2D eigenvalue weighted by Crippen LogP contribution is 2.45. The van der Waals surface area contributed by atoms with Gasteiger partial charge in [0.2, 0.25) is 5.91 Å². The van der Waals surface area contributed by atoms with E-state index in [-0.39, 0.29) is 29.1 Å². The molecule has 7 nitrogen and oxygen atoms in total. The van der Waals surface area contributed by atoms with Gasteiger partial charge < -0.3 is 20.1 Å². The Bertz CT molecular complexity index is 762. The van der Waals surface area contributed by atoms with Gasteiger partial charge in [0.05, 0.1) is 35.0 Å². The number of nitrogens with zero attached hydrogens (tertiary/aromatic N) is 1. The fourth-order valence-corrected chi connectivity index (χ4v) is 3.91. The van der Waals surface area contributed by atoms with Crippen LogP contribution in [0, 0.1) is 5.82 Å². The number of nitrogens with one attached hydrogen (secondary N) is 1. The first kappa shape index (κ1) is 19.9. The third kappa shape index (κ3) is 3.74. The quantitative estimate of drug-likeness (QED) is 0.811. The van der Waals surface area contributed by atoms with Gasteiger partial charge in [0, 0.05) is 13.7 Å². The smallest absolute Gasteiger partial charge is 0.412 e. The summed E-state index contributed by atoms with van der Waals surface area (Å²) in [7, 11) is 1.55. The van der Waals surface area contributed by atoms with E-state index in [1.54, 1.807) is 7.11 Å². The van der Waals surface area contributed by atoms with E-state index < -0.39 is 23.6 Å². The van der Waals surface area contributed by atoms with Gasteiger partial charge in [-0.1, -0.05) is 11.6 Å². The second kappa shape index (κ2) is 7.61. The molecule has 1 aromatic carbocycles. The summed E-state index contributed by atoms with van der Waals surface area (Å²) in [5, 5.41) is 2.43. The van der Waals surface area contributed by atoms with E-state index in [4.69, 9.17) is 26.8 Å². The van der Waals surface area contributed by atoms with E-state index in [0.717, 1.165) is 0 Å². The number of amides is 2. The number of methoxy groups -OCH3 is 1. The minimum atomic E-state index is -1.28. The maximum absolute atomic E-state index is 14.8. The molecule has 0 bridgehead atoms. The first-order valence-electron chi connectivity index (χ1n) is 8.83. The van der Waals surface area contributed by atoms with Crippen LogP contribution in [-0.2, 0) is 19.9 Å². The summed E-state index contributed by atoms with van der Waals surface area (Å²) < 4.78 is 25.5. The Kier molecular flexibility index (Phi) is 5.60. The predicted molar refractivity (Wildman–Crippen MR) is 98.1 cm³/mol. The molecule has 2 heterocycles. The number of hydrogen-bond donors (Lipinski definition) is 2. The topological polar surface area (TPSA) is 93.9 Å². The van der Waals surface area contributed by atoms with Crippen LogP contribution in [0.15, 0.2) is 12.1 Å². The van der Waals surface area contributed by atoms with Gasteiger partial charge in [-0.15, -0.1) is 0 Å². The lowest BCUT2D eigenvalue weighted by molar-refractivity contribution is -0.141. The van der Waals surface area contributed by atoms with E-state index >= 15 is 0 Å². The molecule has 0 saturated carbocycles. The number of carbonyl (C=O) groups is 2. The Morgan fingerprint density at radius 3 is 3.00 bits per heavy atom. The molecule has 1 aromatic rings. The number of nitrogens with two attached hydrogens (primary N) is 1. The summed E-state index contributed by atoms with van der Waals surface area (Å²) in [4.78, 5) is 26.4. The number of ether oxygens (including phenoxy) is 2. The zero-order valence-electron chi connectivity index (χ0n) is 15.3. The highest BCUT2D eigenvalue weighted by atomic mass is 35.5. The number of benzene rings is 1. The molecule has 0 aliphatic carbocycles. The van der Waals surface area contributed by atoms with Crippen molar-refractivity contribution < 1.29 is 23.5 Å². The van der Waals surface area contributed by atoms with Crippen LogP contribution in [0.1, 0.15) is 31.7 Å². The molecule has 2 aliphatic rings. The average molecular weight is 400 g/mol. The van der Waals surface area contributed by atoms with Crippen LogP contribution in [-0.4, -0.2) is 49.2 Å². The molecule has 0 radical (unpaired) electrons. The molecule has 0 aromatic heterocycles. The second-order valence-corrected chi connectivity index (χ2v) is 7.45. The fourth-order valence-electron chi connectivity index (χ4n) is 3.75. The highest BCUT2D eigenvalue weighted by molar-refractivity contribution is 6.31. The van der Waals surface area contributed by atoms with Crippen LogP contribution < -0.4 is 11.1 Å². The van der Waals surface area contributed by atoms with Crippen molar-refractivity contribution in [2.45, 2.75) is 43.9 Å². The van der Waals surface area contributed by atoms with Crippen LogP contribution in [0.5, 0.6) is 0 Å². The lowest BCUT2D eigenvalue weighted by atomic mass is 9.83. The minimum Gasteiger partial charge on any atom is -0.436 e. The van der Waals surface area contributed by atoms with Crippen LogP contribution >= 0.6 is 11.6 Å². The normalized spacial score (nSPS) is 24.0. The van der Waals surface area contributed by atoms with Crippen molar-refractivity contribution >= 4 is 29.3 Å². The maximum Gasteiger partial charge on any atom is 0.412 e. The van der Waals surface area contributed by atoms with E-state index in [1.807, 2.05) is 6.92 Å². The number of carbonyl (C=O) groups excluding carboxylic acids is 2. The molecule has 148 valence electrons. The molecular formula is C18H23ClFN3O4. The van der Waals surface area contributed by atoms with Gasteiger partial charge in [-0.2, -0.15) is 0 Å². The lowest BCUT2D eigenvalue weighted by Gasteiger charge is -2.45. The number of piperidine rings is 1. The van der Waals surface area contributed by atoms with Crippen LogP contribution in [0.2, 0.25) is 5.02 Å². The van der Waals surface area contributed by atoms with Crippen molar-refractivity contribution in [3.63, 3.8) is 0 Å². The SMILES string of the molecule is CO[C@@H](C)C[C@H](N)C(=O)N1CCC[C@@]2(C1)OC(=O)Nc1ccc(Cl)c(F)c12. The van der Waals surface area contributed by atoms with Gasteiger partial charge in [0.25, 0.3) is 0 Å². The molecule has 27 heavy (non-hydrogen) atoms. The number of anilines is 1. The Hall–Kier alpha value is -1.90. The minimum absolute atomic E-state index is 0.0264. The van der Waals surface area contributed by atoms with Crippen LogP contribution in [0.3, 0.4) is 0 Å². The lowest BCUT2D eigenvalue weighted by Crippen LogP contribution is -2.56. The first-order valence-corrected chi connectivity index (χ1v) is 9.21. The largest absolute Gasteiger partial charge is 0.436 e. The molecule has 2 aliphatic heterocycles. The van der Waals surface area contributed by atoms with Crippen LogP contribution in [0.4, 0.5) is 14.9 Å². The predicted octanol–water partition coefficient (Wildman–Crippen LogP) is 2.61. The van der Waals surface area contributed by atoms with Crippen molar-refractivity contribution in [2.24, 2.45) is 5.73 Å². The Morgan fingerprint density at radius 1 is 1.56 bits per heavy atom. The molecule has 0 unspecified atom stereocenters. The van der Waals surface area contributed by atoms with Gasteiger partial charge in [-0.25, -0.2) is 9.18 Å². The van der Waals surface area contributed by atoms with Gasteiger partial charge in [-0.3, -0.25) is 10.1 Å². The molecule has 3 rings (SSSR count). The summed E-state index contributed by atoms with van der Waals surface area (Å²) in [6, 6.07) is 2.16. The number of rotatable bonds is 4. The molecular weight excluding hydrogens is 377 g/mol. The summed E-state index contributed by atoms with van der Waals surface area (Å²) in [5.41, 5.74) is 5.22. The third-order valence-corrected chi connectivity index (χ3v) is 5.44. The Balaban J connectivity index is 1.90. The summed E-state index contributed by atoms with van der Waals surface area (Å²) in [6.45, 7) is 2.31. The standard InChI is InChI=1S/C18H23ClFN3O4/c1-10(26-2)8-12(21)16(24)23-7-3-6-18(9-23)14-13(22-17(25)27-18)5-4-11(19)15(14)20/h4-5,10,12H,3,6-9,21H2,1-2H3,(H,22,25)/t10-,12-,18-/m0/s1. The number of likely N-dealkylation sites (tertiary alicyclic amines) is 1. The van der Waals surface area contributed by atoms with Crippen LogP contribution in [0.25, 0.3) is 0 Å². The molecule has 2 amide bonds. The first-order chi connectivity index (χ1) is 12.8. The van der Waals surface area contributed by atoms with Gasteiger partial charge >= 0.3 is 6.09 Å².